The summed E-state index contributed by atoms with van der Waals surface area (Å²) in [5.74, 6) is -0.606. The van der Waals surface area contributed by atoms with Gasteiger partial charge in [-0.1, -0.05) is 0 Å². The molecule has 2 aliphatic rings. The van der Waals surface area contributed by atoms with E-state index in [0.29, 0.717) is 32.7 Å². The van der Waals surface area contributed by atoms with Gasteiger partial charge in [-0.25, -0.2) is 9.18 Å². The molecule has 2 fully saturated rings. The van der Waals surface area contributed by atoms with Crippen LogP contribution in [-0.4, -0.2) is 97.3 Å². The maximum Gasteiger partial charge on any atom is 0.407 e. The molecule has 1 aromatic rings. The molecule has 0 aromatic heterocycles. The molecule has 2 unspecified atom stereocenters. The molecule has 3 atom stereocenters. The average molecular weight is 465 g/mol. The van der Waals surface area contributed by atoms with Crippen LogP contribution in [0.4, 0.5) is 9.18 Å². The molecule has 2 aliphatic heterocycles. The van der Waals surface area contributed by atoms with Gasteiger partial charge in [0.25, 0.3) is 0 Å². The van der Waals surface area contributed by atoms with E-state index in [2.05, 4.69) is 15.1 Å². The lowest BCUT2D eigenvalue weighted by Crippen LogP contribution is -2.61. The van der Waals surface area contributed by atoms with Crippen LogP contribution in [0.3, 0.4) is 0 Å². The van der Waals surface area contributed by atoms with Gasteiger partial charge in [0.15, 0.2) is 11.6 Å². The van der Waals surface area contributed by atoms with Gasteiger partial charge in [-0.15, -0.1) is 0 Å². The van der Waals surface area contributed by atoms with E-state index in [4.69, 9.17) is 19.5 Å². The molecule has 33 heavy (non-hydrogen) atoms. The largest absolute Gasteiger partial charge is 0.488 e. The lowest BCUT2D eigenvalue weighted by Gasteiger charge is -2.46. The van der Waals surface area contributed by atoms with Gasteiger partial charge in [-0.05, 0) is 39.0 Å². The Morgan fingerprint density at radius 1 is 1.30 bits per heavy atom. The number of nitriles is 1. The molecule has 2 bridgehead atoms. The third-order valence-corrected chi connectivity index (χ3v) is 5.29. The molecule has 2 heterocycles. The topological polar surface area (TPSA) is 107 Å². The van der Waals surface area contributed by atoms with Crippen LogP contribution in [0.25, 0.3) is 0 Å². The number of carbonyl (C=O) groups is 1. The predicted octanol–water partition coefficient (Wildman–Crippen LogP) is 1.35. The Hall–Kier alpha value is -2.45. The first-order valence-corrected chi connectivity index (χ1v) is 11.2. The summed E-state index contributed by atoms with van der Waals surface area (Å²) in [6, 6.07) is 5.85. The zero-order valence-electron chi connectivity index (χ0n) is 19.4. The maximum absolute atomic E-state index is 13.9. The van der Waals surface area contributed by atoms with Crippen molar-refractivity contribution in [3.63, 3.8) is 0 Å². The van der Waals surface area contributed by atoms with E-state index < -0.39 is 23.6 Å². The number of rotatable bonds is 8. The van der Waals surface area contributed by atoms with Gasteiger partial charge >= 0.3 is 6.09 Å². The molecule has 3 rings (SSSR count). The standard InChI is InChI=1S/C23H33FN4O5/c1-23(2,3)33-22(30)26-6-7-27-11-18-13-28(14-19(12-27)32-18)10-17(29)15-31-21-5-4-16(9-25)8-20(21)24/h4-5,8,17-19,29H,6-7,10-15H2,1-3H3,(H,26,30)/t17-,18?,19?/m0/s1. The number of aliphatic hydroxyl groups excluding tert-OH is 1. The summed E-state index contributed by atoms with van der Waals surface area (Å²) in [6.45, 7) is 9.89. The number of nitrogens with zero attached hydrogens (tertiary/aromatic N) is 3. The number of ether oxygens (including phenoxy) is 3. The minimum Gasteiger partial charge on any atom is -0.488 e. The third kappa shape index (κ3) is 8.12. The van der Waals surface area contributed by atoms with Crippen molar-refractivity contribution in [3.8, 4) is 11.8 Å². The molecule has 2 saturated heterocycles. The molecular weight excluding hydrogens is 431 g/mol. The van der Waals surface area contributed by atoms with Gasteiger partial charge in [0.2, 0.25) is 0 Å². The summed E-state index contributed by atoms with van der Waals surface area (Å²) in [4.78, 5) is 16.2. The minimum absolute atomic E-state index is 0.0162. The van der Waals surface area contributed by atoms with Crippen molar-refractivity contribution in [3.05, 3.63) is 29.6 Å². The van der Waals surface area contributed by atoms with Crippen molar-refractivity contribution in [1.29, 1.82) is 5.26 Å². The van der Waals surface area contributed by atoms with E-state index in [1.54, 1.807) is 0 Å². The highest BCUT2D eigenvalue weighted by Crippen LogP contribution is 2.20. The number of nitrogens with one attached hydrogen (secondary N) is 1. The maximum atomic E-state index is 13.9. The summed E-state index contributed by atoms with van der Waals surface area (Å²) < 4.78 is 30.6. The minimum atomic E-state index is -0.784. The Morgan fingerprint density at radius 2 is 1.97 bits per heavy atom. The van der Waals surface area contributed by atoms with Gasteiger partial charge in [0, 0.05) is 45.8 Å². The van der Waals surface area contributed by atoms with E-state index in [1.807, 2.05) is 26.8 Å². The van der Waals surface area contributed by atoms with Crippen molar-refractivity contribution < 1.29 is 28.5 Å². The number of hydrogen-bond acceptors (Lipinski definition) is 8. The zero-order valence-corrected chi connectivity index (χ0v) is 19.4. The quantitative estimate of drug-likeness (QED) is 0.594. The van der Waals surface area contributed by atoms with Gasteiger partial charge in [-0.2, -0.15) is 5.26 Å². The van der Waals surface area contributed by atoms with Crippen LogP contribution >= 0.6 is 0 Å². The number of morpholine rings is 2. The summed E-state index contributed by atoms with van der Waals surface area (Å²) in [6.07, 6.45) is -1.17. The summed E-state index contributed by atoms with van der Waals surface area (Å²) in [5.41, 5.74) is -0.301. The van der Waals surface area contributed by atoms with E-state index in [-0.39, 0.29) is 30.1 Å². The van der Waals surface area contributed by atoms with Crippen molar-refractivity contribution in [2.24, 2.45) is 0 Å². The molecule has 0 saturated carbocycles. The highest BCUT2D eigenvalue weighted by molar-refractivity contribution is 5.67. The molecule has 0 aliphatic carbocycles. The highest BCUT2D eigenvalue weighted by atomic mass is 19.1. The number of halogens is 1. The summed E-state index contributed by atoms with van der Waals surface area (Å²) in [7, 11) is 0. The predicted molar refractivity (Wildman–Crippen MR) is 118 cm³/mol. The number of hydrogen-bond donors (Lipinski definition) is 2. The van der Waals surface area contributed by atoms with Crippen LogP contribution in [-0.2, 0) is 9.47 Å². The fourth-order valence-electron chi connectivity index (χ4n) is 4.05. The Morgan fingerprint density at radius 3 is 2.58 bits per heavy atom. The Kier molecular flexibility index (Phi) is 8.48. The number of amides is 1. The first-order valence-electron chi connectivity index (χ1n) is 11.2. The van der Waals surface area contributed by atoms with Gasteiger partial charge in [0.1, 0.15) is 18.3 Å². The van der Waals surface area contributed by atoms with Gasteiger partial charge < -0.3 is 24.6 Å². The third-order valence-electron chi connectivity index (χ3n) is 5.29. The van der Waals surface area contributed by atoms with Crippen molar-refractivity contribution in [2.45, 2.75) is 44.7 Å². The molecule has 1 aromatic carbocycles. The average Bonchev–Trinajstić information content (AvgIpc) is 2.70. The first-order chi connectivity index (χ1) is 15.6. The number of alkyl carbamates (subject to hydrolysis) is 1. The number of fused-ring (bicyclic) bond motifs is 2. The zero-order chi connectivity index (χ0) is 24.0. The highest BCUT2D eigenvalue weighted by Gasteiger charge is 2.35. The molecule has 2 N–H and O–H groups in total. The SMILES string of the molecule is CC(C)(C)OC(=O)NCCN1CC2CN(C[C@H](O)COc3ccc(C#N)cc3F)CC(C1)O2. The van der Waals surface area contributed by atoms with E-state index >= 15 is 0 Å². The van der Waals surface area contributed by atoms with Crippen LogP contribution in [0.2, 0.25) is 0 Å². The number of carbonyl (C=O) groups excluding carboxylic acids is 1. The van der Waals surface area contributed by atoms with E-state index in [9.17, 15) is 14.3 Å². The van der Waals surface area contributed by atoms with Crippen LogP contribution < -0.4 is 10.1 Å². The molecule has 9 nitrogen and oxygen atoms in total. The number of aliphatic hydroxyl groups is 1. The monoisotopic (exact) mass is 464 g/mol. The van der Waals surface area contributed by atoms with Gasteiger partial charge in [0.05, 0.1) is 23.8 Å². The van der Waals surface area contributed by atoms with Crippen molar-refractivity contribution >= 4 is 6.09 Å². The molecule has 1 amide bonds. The Balaban J connectivity index is 1.37. The molecule has 10 heteroatoms. The second kappa shape index (κ2) is 11.1. The first kappa shape index (κ1) is 25.2. The molecular formula is C23H33FN4O5. The van der Waals surface area contributed by atoms with Gasteiger partial charge in [-0.3, -0.25) is 9.80 Å². The Labute approximate surface area is 194 Å². The van der Waals surface area contributed by atoms with Crippen LogP contribution in [0.1, 0.15) is 26.3 Å². The normalized spacial score (nSPS) is 22.3. The number of β-amino-alcohol motifs (C(OH)–C–C–N with tert-alkyl or cyclic N) is 1. The number of benzene rings is 1. The van der Waals surface area contributed by atoms with Crippen molar-refractivity contribution in [2.75, 3.05) is 52.4 Å². The lowest BCUT2D eigenvalue weighted by molar-refractivity contribution is -0.142. The Bertz CT molecular complexity index is 842. The van der Waals surface area contributed by atoms with Crippen molar-refractivity contribution in [1.82, 2.24) is 15.1 Å². The van der Waals surface area contributed by atoms with Crippen LogP contribution in [0, 0.1) is 17.1 Å². The second-order valence-corrected chi connectivity index (χ2v) is 9.51. The van der Waals surface area contributed by atoms with E-state index in [0.717, 1.165) is 19.2 Å². The van der Waals surface area contributed by atoms with Crippen LogP contribution in [0.15, 0.2) is 18.2 Å². The summed E-state index contributed by atoms with van der Waals surface area (Å²) in [5, 5.41) is 22.0. The smallest absolute Gasteiger partial charge is 0.407 e. The molecule has 182 valence electrons. The summed E-state index contributed by atoms with van der Waals surface area (Å²) >= 11 is 0. The second-order valence-electron chi connectivity index (χ2n) is 9.51. The lowest BCUT2D eigenvalue weighted by atomic mass is 10.1. The molecule has 0 radical (unpaired) electrons. The fourth-order valence-corrected chi connectivity index (χ4v) is 4.05. The molecule has 0 spiro atoms. The fraction of sp³-hybridized carbons (Fsp3) is 0.652. The van der Waals surface area contributed by atoms with Crippen LogP contribution in [0.5, 0.6) is 5.75 Å². The van der Waals surface area contributed by atoms with E-state index in [1.165, 1.54) is 12.1 Å².